The fourth-order valence-corrected chi connectivity index (χ4v) is 2.13. The van der Waals surface area contributed by atoms with Crippen molar-refractivity contribution in [2.75, 3.05) is 6.61 Å². The fourth-order valence-electron chi connectivity index (χ4n) is 1.22. The van der Waals surface area contributed by atoms with E-state index in [0.717, 1.165) is 0 Å². The van der Waals surface area contributed by atoms with Crippen LogP contribution in [-0.2, 0) is 13.8 Å². The largest absolute Gasteiger partial charge is 0.462 e. The van der Waals surface area contributed by atoms with E-state index in [1.807, 2.05) is 0 Å². The van der Waals surface area contributed by atoms with Gasteiger partial charge >= 0.3 is 5.97 Å². The maximum atomic E-state index is 13.8. The number of rotatable bonds is 4. The predicted molar refractivity (Wildman–Crippen MR) is 64.5 cm³/mol. The average molecular weight is 313 g/mol. The van der Waals surface area contributed by atoms with Crippen LogP contribution in [-0.4, -0.2) is 21.0 Å². The van der Waals surface area contributed by atoms with Gasteiger partial charge in [-0.05, 0) is 18.1 Å². The van der Waals surface area contributed by atoms with Crippen molar-refractivity contribution in [3.05, 3.63) is 29.3 Å². The van der Waals surface area contributed by atoms with Crippen molar-refractivity contribution < 1.29 is 26.7 Å². The van der Waals surface area contributed by atoms with E-state index in [4.69, 9.17) is 10.7 Å². The fraction of sp³-hybridized carbons (Fsp3) is 0.364. The van der Waals surface area contributed by atoms with Crippen molar-refractivity contribution in [2.24, 2.45) is 5.92 Å². The number of carbonyl (C=O) groups is 1. The summed E-state index contributed by atoms with van der Waals surface area (Å²) in [7, 11) is 0.563. The molecule has 0 aromatic heterocycles. The van der Waals surface area contributed by atoms with Crippen molar-refractivity contribution in [3.8, 4) is 0 Å². The molecule has 0 bridgehead atoms. The first-order valence-corrected chi connectivity index (χ1v) is 7.55. The Morgan fingerprint density at radius 3 is 2.42 bits per heavy atom. The van der Waals surface area contributed by atoms with Crippen LogP contribution in [0.3, 0.4) is 0 Å². The van der Waals surface area contributed by atoms with Gasteiger partial charge in [0.2, 0.25) is 0 Å². The summed E-state index contributed by atoms with van der Waals surface area (Å²) in [4.78, 5) is 10.6. The highest BCUT2D eigenvalue weighted by Crippen LogP contribution is 2.24. The van der Waals surface area contributed by atoms with Crippen molar-refractivity contribution in [2.45, 2.75) is 18.7 Å². The van der Waals surface area contributed by atoms with Gasteiger partial charge in [0.15, 0.2) is 5.82 Å². The predicted octanol–water partition coefficient (Wildman–Crippen LogP) is 2.71. The molecule has 19 heavy (non-hydrogen) atoms. The summed E-state index contributed by atoms with van der Waals surface area (Å²) in [5, 5.41) is 0. The minimum atomic E-state index is -4.41. The number of esters is 1. The molecule has 8 heteroatoms. The third-order valence-corrected chi connectivity index (χ3v) is 3.41. The summed E-state index contributed by atoms with van der Waals surface area (Å²) in [5.41, 5.74) is -1.07. The van der Waals surface area contributed by atoms with Gasteiger partial charge in [-0.25, -0.2) is 22.0 Å². The highest BCUT2D eigenvalue weighted by atomic mass is 35.7. The van der Waals surface area contributed by atoms with Gasteiger partial charge in [-0.2, -0.15) is 0 Å². The van der Waals surface area contributed by atoms with Crippen LogP contribution in [0.4, 0.5) is 8.78 Å². The highest BCUT2D eigenvalue weighted by Gasteiger charge is 2.27. The molecule has 0 aliphatic heterocycles. The molecule has 0 aliphatic rings. The molecule has 0 heterocycles. The topological polar surface area (TPSA) is 60.4 Å². The Hall–Kier alpha value is -1.21. The second-order valence-corrected chi connectivity index (χ2v) is 6.70. The molecule has 4 nitrogen and oxygen atoms in total. The lowest BCUT2D eigenvalue weighted by atomic mass is 10.2. The van der Waals surface area contributed by atoms with E-state index >= 15 is 0 Å². The molecule has 0 saturated carbocycles. The standard InChI is InChI=1S/C11H11ClF2O4S/c1-6(2)5-18-11(15)9-7(13)3-4-8(10(9)14)19(12,16)17/h3-4,6H,5H2,1-2H3. The van der Waals surface area contributed by atoms with Gasteiger partial charge in [0.1, 0.15) is 16.3 Å². The molecule has 1 aromatic rings. The van der Waals surface area contributed by atoms with E-state index in [0.29, 0.717) is 12.1 Å². The Balaban J connectivity index is 3.24. The Morgan fingerprint density at radius 1 is 1.37 bits per heavy atom. The second-order valence-electron chi connectivity index (χ2n) is 4.16. The second kappa shape index (κ2) is 5.83. The lowest BCUT2D eigenvalue weighted by molar-refractivity contribution is 0.0447. The van der Waals surface area contributed by atoms with Crippen LogP contribution in [0.15, 0.2) is 17.0 Å². The number of hydrogen-bond donors (Lipinski definition) is 0. The SMILES string of the molecule is CC(C)COC(=O)c1c(F)ccc(S(=O)(=O)Cl)c1F. The maximum Gasteiger partial charge on any atom is 0.344 e. The zero-order chi connectivity index (χ0) is 14.8. The molecule has 1 rings (SSSR count). The van der Waals surface area contributed by atoms with Crippen LogP contribution in [0.5, 0.6) is 0 Å². The van der Waals surface area contributed by atoms with Crippen LogP contribution < -0.4 is 0 Å². The monoisotopic (exact) mass is 312 g/mol. The van der Waals surface area contributed by atoms with Crippen LogP contribution in [0.2, 0.25) is 0 Å². The average Bonchev–Trinajstić information content (AvgIpc) is 2.24. The van der Waals surface area contributed by atoms with E-state index < -0.39 is 37.1 Å². The zero-order valence-corrected chi connectivity index (χ0v) is 11.7. The number of ether oxygens (including phenoxy) is 1. The van der Waals surface area contributed by atoms with E-state index in [1.54, 1.807) is 13.8 Å². The smallest absolute Gasteiger partial charge is 0.344 e. The van der Waals surface area contributed by atoms with Crippen molar-refractivity contribution in [3.63, 3.8) is 0 Å². The summed E-state index contributed by atoms with van der Waals surface area (Å²) >= 11 is 0. The zero-order valence-electron chi connectivity index (χ0n) is 10.1. The molecule has 1 aromatic carbocycles. The van der Waals surface area contributed by atoms with Gasteiger partial charge in [0.05, 0.1) is 6.61 Å². The van der Waals surface area contributed by atoms with Gasteiger partial charge in [-0.3, -0.25) is 0 Å². The lowest BCUT2D eigenvalue weighted by Gasteiger charge is -2.09. The van der Waals surface area contributed by atoms with Gasteiger partial charge in [-0.15, -0.1) is 0 Å². The van der Waals surface area contributed by atoms with Crippen molar-refractivity contribution in [1.29, 1.82) is 0 Å². The minimum absolute atomic E-state index is 0.0324. The van der Waals surface area contributed by atoms with E-state index in [9.17, 15) is 22.0 Å². The van der Waals surface area contributed by atoms with Gasteiger partial charge in [0, 0.05) is 10.7 Å². The van der Waals surface area contributed by atoms with E-state index in [1.165, 1.54) is 0 Å². The van der Waals surface area contributed by atoms with Crippen LogP contribution >= 0.6 is 10.7 Å². The summed E-state index contributed by atoms with van der Waals surface area (Å²) in [6, 6.07) is 1.29. The molecule has 0 fully saturated rings. The molecule has 0 N–H and O–H groups in total. The molecule has 0 spiro atoms. The normalized spacial score (nSPS) is 11.7. The maximum absolute atomic E-state index is 13.8. The first kappa shape index (κ1) is 15.8. The van der Waals surface area contributed by atoms with E-state index in [2.05, 4.69) is 4.74 Å². The minimum Gasteiger partial charge on any atom is -0.462 e. The van der Waals surface area contributed by atoms with Crippen LogP contribution in [0, 0.1) is 17.6 Å². The summed E-state index contributed by atoms with van der Waals surface area (Å²) in [6.45, 7) is 3.43. The molecule has 0 radical (unpaired) electrons. The number of hydrogen-bond acceptors (Lipinski definition) is 4. The molecule has 0 aliphatic carbocycles. The third kappa shape index (κ3) is 3.87. The van der Waals surface area contributed by atoms with Gasteiger partial charge in [0.25, 0.3) is 9.05 Å². The first-order valence-electron chi connectivity index (χ1n) is 5.24. The third-order valence-electron chi connectivity index (χ3n) is 2.07. The molecule has 0 saturated heterocycles. The molecular formula is C11H11ClF2O4S. The van der Waals surface area contributed by atoms with Crippen molar-refractivity contribution >= 4 is 25.7 Å². The van der Waals surface area contributed by atoms with Crippen molar-refractivity contribution in [1.82, 2.24) is 0 Å². The number of carbonyl (C=O) groups excluding carboxylic acids is 1. The summed E-state index contributed by atoms with van der Waals surface area (Å²) in [5.74, 6) is -4.07. The molecule has 0 amide bonds. The van der Waals surface area contributed by atoms with Gasteiger partial charge in [-0.1, -0.05) is 13.8 Å². The summed E-state index contributed by atoms with van der Waals surface area (Å²) < 4.78 is 54.0. The highest BCUT2D eigenvalue weighted by molar-refractivity contribution is 8.13. The van der Waals surface area contributed by atoms with Crippen LogP contribution in [0.1, 0.15) is 24.2 Å². The van der Waals surface area contributed by atoms with Crippen LogP contribution in [0.25, 0.3) is 0 Å². The molecule has 106 valence electrons. The Morgan fingerprint density at radius 2 is 1.95 bits per heavy atom. The Labute approximate surface area is 113 Å². The summed E-state index contributed by atoms with van der Waals surface area (Å²) in [6.07, 6.45) is 0. The number of halogens is 3. The Kier molecular flexibility index (Phi) is 4.86. The quantitative estimate of drug-likeness (QED) is 0.633. The molecule has 0 unspecified atom stereocenters. The lowest BCUT2D eigenvalue weighted by Crippen LogP contribution is -2.15. The first-order chi connectivity index (χ1) is 8.64. The molecule has 0 atom stereocenters. The Bertz CT molecular complexity index is 599. The van der Waals surface area contributed by atoms with Gasteiger partial charge < -0.3 is 4.74 Å². The van der Waals surface area contributed by atoms with E-state index in [-0.39, 0.29) is 12.5 Å². The number of benzene rings is 1. The molecular weight excluding hydrogens is 302 g/mol.